The summed E-state index contributed by atoms with van der Waals surface area (Å²) < 4.78 is 3.06. The van der Waals surface area contributed by atoms with Gasteiger partial charge in [0.05, 0.1) is 10.6 Å². The largest absolute Gasteiger partial charge is 0.479 e. The SMILES string of the molecule is Cc1nn(C)c2sc(C(=O)Nc3ccn(C(C)(C)C(=O)O)n3)cc12. The van der Waals surface area contributed by atoms with Gasteiger partial charge in [-0.1, -0.05) is 0 Å². The molecule has 8 nitrogen and oxygen atoms in total. The molecule has 0 aliphatic carbocycles. The van der Waals surface area contributed by atoms with Crippen LogP contribution in [-0.4, -0.2) is 36.5 Å². The number of amides is 1. The van der Waals surface area contributed by atoms with E-state index in [9.17, 15) is 14.7 Å². The smallest absolute Gasteiger partial charge is 0.331 e. The summed E-state index contributed by atoms with van der Waals surface area (Å²) in [5, 5.41) is 21.3. The van der Waals surface area contributed by atoms with Crippen LogP contribution < -0.4 is 5.32 Å². The highest BCUT2D eigenvalue weighted by atomic mass is 32.1. The molecule has 3 heterocycles. The summed E-state index contributed by atoms with van der Waals surface area (Å²) in [4.78, 5) is 25.1. The predicted molar refractivity (Wildman–Crippen MR) is 90.5 cm³/mol. The van der Waals surface area contributed by atoms with Crippen molar-refractivity contribution in [1.82, 2.24) is 19.6 Å². The second kappa shape index (κ2) is 5.45. The van der Waals surface area contributed by atoms with Gasteiger partial charge in [-0.25, -0.2) is 4.79 Å². The van der Waals surface area contributed by atoms with Crippen molar-refractivity contribution in [3.8, 4) is 0 Å². The van der Waals surface area contributed by atoms with Gasteiger partial charge in [0.2, 0.25) is 0 Å². The predicted octanol–water partition coefficient (Wildman–Crippen LogP) is 2.21. The molecule has 0 saturated heterocycles. The molecule has 24 heavy (non-hydrogen) atoms. The van der Waals surface area contributed by atoms with Crippen molar-refractivity contribution < 1.29 is 14.7 Å². The van der Waals surface area contributed by atoms with Crippen molar-refractivity contribution in [2.75, 3.05) is 5.32 Å². The van der Waals surface area contributed by atoms with Crippen LogP contribution in [0.25, 0.3) is 10.2 Å². The Morgan fingerprint density at radius 3 is 2.67 bits per heavy atom. The molecule has 0 aliphatic rings. The molecule has 9 heteroatoms. The maximum absolute atomic E-state index is 12.4. The van der Waals surface area contributed by atoms with Gasteiger partial charge in [-0.15, -0.1) is 11.3 Å². The number of carbonyl (C=O) groups excluding carboxylic acids is 1. The lowest BCUT2D eigenvalue weighted by Gasteiger charge is -2.19. The van der Waals surface area contributed by atoms with Gasteiger partial charge in [-0.3, -0.25) is 14.2 Å². The molecular formula is C15H17N5O3S. The summed E-state index contributed by atoms with van der Waals surface area (Å²) in [6, 6.07) is 3.37. The average Bonchev–Trinajstić information content (AvgIpc) is 3.18. The molecule has 0 aliphatic heterocycles. The molecule has 0 spiro atoms. The quantitative estimate of drug-likeness (QED) is 0.753. The number of rotatable bonds is 4. The van der Waals surface area contributed by atoms with E-state index in [1.54, 1.807) is 16.8 Å². The van der Waals surface area contributed by atoms with Crippen LogP contribution in [0.4, 0.5) is 5.82 Å². The first kappa shape index (κ1) is 16.2. The lowest BCUT2D eigenvalue weighted by atomic mass is 10.1. The Labute approximate surface area is 141 Å². The first-order chi connectivity index (χ1) is 11.2. The van der Waals surface area contributed by atoms with E-state index in [2.05, 4.69) is 15.5 Å². The van der Waals surface area contributed by atoms with E-state index in [4.69, 9.17) is 0 Å². The Morgan fingerprint density at radius 1 is 1.33 bits per heavy atom. The third-order valence-electron chi connectivity index (χ3n) is 3.85. The summed E-state index contributed by atoms with van der Waals surface area (Å²) >= 11 is 1.35. The van der Waals surface area contributed by atoms with E-state index < -0.39 is 11.5 Å². The van der Waals surface area contributed by atoms with Crippen LogP contribution in [0, 0.1) is 6.92 Å². The third-order valence-corrected chi connectivity index (χ3v) is 5.05. The maximum atomic E-state index is 12.4. The molecule has 126 valence electrons. The first-order valence-corrected chi connectivity index (χ1v) is 8.06. The van der Waals surface area contributed by atoms with E-state index in [1.165, 1.54) is 36.1 Å². The van der Waals surface area contributed by atoms with Crippen LogP contribution in [0.3, 0.4) is 0 Å². The molecule has 0 bridgehead atoms. The Balaban J connectivity index is 1.83. The summed E-state index contributed by atoms with van der Waals surface area (Å²) in [6.07, 6.45) is 1.53. The van der Waals surface area contributed by atoms with Crippen LogP contribution in [0.15, 0.2) is 18.3 Å². The number of nitrogens with zero attached hydrogens (tertiary/aromatic N) is 4. The minimum absolute atomic E-state index is 0.283. The fourth-order valence-electron chi connectivity index (χ4n) is 2.30. The van der Waals surface area contributed by atoms with Crippen LogP contribution in [0.2, 0.25) is 0 Å². The Hall–Kier alpha value is -2.68. The Morgan fingerprint density at radius 2 is 2.04 bits per heavy atom. The summed E-state index contributed by atoms with van der Waals surface area (Å²) in [5.74, 6) is -0.980. The fourth-order valence-corrected chi connectivity index (χ4v) is 3.31. The molecule has 0 saturated carbocycles. The highest BCUT2D eigenvalue weighted by molar-refractivity contribution is 7.20. The summed E-state index contributed by atoms with van der Waals surface area (Å²) in [6.45, 7) is 4.97. The van der Waals surface area contributed by atoms with Crippen LogP contribution >= 0.6 is 11.3 Å². The minimum Gasteiger partial charge on any atom is -0.479 e. The molecule has 3 aromatic rings. The molecule has 3 rings (SSSR count). The zero-order valence-corrected chi connectivity index (χ0v) is 14.5. The van der Waals surface area contributed by atoms with E-state index >= 15 is 0 Å². The van der Waals surface area contributed by atoms with Crippen molar-refractivity contribution in [2.45, 2.75) is 26.3 Å². The number of carbonyl (C=O) groups is 2. The average molecular weight is 347 g/mol. The molecule has 2 N–H and O–H groups in total. The van der Waals surface area contributed by atoms with Gasteiger partial charge in [0, 0.05) is 24.7 Å². The number of carboxylic acid groups (broad SMARTS) is 1. The number of aromatic nitrogens is 4. The number of anilines is 1. The first-order valence-electron chi connectivity index (χ1n) is 7.24. The molecule has 1 amide bonds. The molecule has 0 atom stereocenters. The molecule has 3 aromatic heterocycles. The van der Waals surface area contributed by atoms with E-state index in [1.807, 2.05) is 14.0 Å². The molecular weight excluding hydrogens is 330 g/mol. The Bertz CT molecular complexity index is 915. The summed E-state index contributed by atoms with van der Waals surface area (Å²) in [7, 11) is 1.84. The van der Waals surface area contributed by atoms with Gasteiger partial charge in [-0.2, -0.15) is 10.2 Å². The van der Waals surface area contributed by atoms with Crippen molar-refractivity contribution in [3.05, 3.63) is 28.9 Å². The second-order valence-electron chi connectivity index (χ2n) is 6.00. The normalized spacial score (nSPS) is 11.8. The lowest BCUT2D eigenvalue weighted by Crippen LogP contribution is -2.36. The van der Waals surface area contributed by atoms with E-state index in [-0.39, 0.29) is 5.91 Å². The molecule has 0 aromatic carbocycles. The van der Waals surface area contributed by atoms with Crippen molar-refractivity contribution >= 4 is 39.2 Å². The van der Waals surface area contributed by atoms with Gasteiger partial charge in [0.1, 0.15) is 4.83 Å². The highest BCUT2D eigenvalue weighted by Crippen LogP contribution is 2.28. The zero-order valence-electron chi connectivity index (χ0n) is 13.7. The van der Waals surface area contributed by atoms with Crippen LogP contribution in [0.5, 0.6) is 0 Å². The van der Waals surface area contributed by atoms with Crippen molar-refractivity contribution in [1.29, 1.82) is 0 Å². The molecule has 0 fully saturated rings. The van der Waals surface area contributed by atoms with E-state index in [0.717, 1.165) is 15.9 Å². The standard InChI is InChI=1S/C15H17N5O3S/c1-8-9-7-10(24-13(9)19(4)17-8)12(21)16-11-5-6-20(18-11)15(2,3)14(22)23/h5-7H,1-4H3,(H,22,23)(H,16,18,21). The molecule has 0 radical (unpaired) electrons. The van der Waals surface area contributed by atoms with Crippen LogP contribution in [-0.2, 0) is 17.4 Å². The van der Waals surface area contributed by atoms with Gasteiger partial charge in [-0.05, 0) is 26.8 Å². The number of hydrogen-bond acceptors (Lipinski definition) is 5. The topological polar surface area (TPSA) is 102 Å². The number of fused-ring (bicyclic) bond motifs is 1. The summed E-state index contributed by atoms with van der Waals surface area (Å²) in [5.41, 5.74) is -0.320. The fraction of sp³-hybridized carbons (Fsp3) is 0.333. The number of aliphatic carboxylic acids is 1. The van der Waals surface area contributed by atoms with E-state index in [0.29, 0.717) is 10.7 Å². The number of hydrogen-bond donors (Lipinski definition) is 2. The van der Waals surface area contributed by atoms with Gasteiger partial charge >= 0.3 is 5.97 Å². The third kappa shape index (κ3) is 2.56. The van der Waals surface area contributed by atoms with Crippen LogP contribution in [0.1, 0.15) is 29.2 Å². The monoisotopic (exact) mass is 347 g/mol. The number of carboxylic acids is 1. The second-order valence-corrected chi connectivity index (χ2v) is 7.03. The lowest BCUT2D eigenvalue weighted by molar-refractivity contribution is -0.146. The Kier molecular flexibility index (Phi) is 3.67. The number of thiophene rings is 1. The highest BCUT2D eigenvalue weighted by Gasteiger charge is 2.30. The van der Waals surface area contributed by atoms with Crippen molar-refractivity contribution in [3.63, 3.8) is 0 Å². The van der Waals surface area contributed by atoms with Gasteiger partial charge in [0.15, 0.2) is 11.4 Å². The van der Waals surface area contributed by atoms with Crippen molar-refractivity contribution in [2.24, 2.45) is 7.05 Å². The molecule has 0 unspecified atom stereocenters. The maximum Gasteiger partial charge on any atom is 0.331 e. The minimum atomic E-state index is -1.19. The number of nitrogens with one attached hydrogen (secondary N) is 1. The zero-order chi connectivity index (χ0) is 17.6. The van der Waals surface area contributed by atoms with Gasteiger partial charge in [0.25, 0.3) is 5.91 Å². The van der Waals surface area contributed by atoms with Gasteiger partial charge < -0.3 is 10.4 Å². The number of aryl methyl sites for hydroxylation is 2.